The highest BCUT2D eigenvalue weighted by atomic mass is 16.5. The zero-order valence-electron chi connectivity index (χ0n) is 14.5. The first kappa shape index (κ1) is 16.8. The molecule has 0 amide bonds. The number of hydrogen-bond acceptors (Lipinski definition) is 5. The quantitative estimate of drug-likeness (QED) is 0.818. The Balaban J connectivity index is 2.28. The fourth-order valence-electron chi connectivity index (χ4n) is 2.76. The van der Waals surface area contributed by atoms with E-state index in [0.29, 0.717) is 10.8 Å². The van der Waals surface area contributed by atoms with Gasteiger partial charge in [0.25, 0.3) is 0 Å². The summed E-state index contributed by atoms with van der Waals surface area (Å²) in [4.78, 5) is 23.4. The first-order chi connectivity index (χ1) is 12.0. The van der Waals surface area contributed by atoms with Crippen LogP contribution in [0, 0.1) is 13.8 Å². The Labute approximate surface area is 144 Å². The van der Waals surface area contributed by atoms with Crippen molar-refractivity contribution in [3.8, 4) is 0 Å². The average molecular weight is 338 g/mol. The van der Waals surface area contributed by atoms with Gasteiger partial charge in [-0.25, -0.2) is 0 Å². The second kappa shape index (κ2) is 6.43. The topological polar surface area (TPSA) is 65.7 Å². The highest BCUT2D eigenvalue weighted by Crippen LogP contribution is 2.16. The van der Waals surface area contributed by atoms with Crippen molar-refractivity contribution in [1.29, 1.82) is 0 Å². The standard InChI is InChI=1S/C20H18O5/c1-11-12(2)20(14-6-8-16(22)18(10-14)24-4)25-19(11)13-5-7-15(21)17(9-13)23-3/h5-10H,1-4H3/b19-13-,20-14+. The molecule has 1 heterocycles. The molecule has 1 aromatic rings. The van der Waals surface area contributed by atoms with Gasteiger partial charge in [0, 0.05) is 11.1 Å². The number of hydrogen-bond donors (Lipinski definition) is 0. The molecule has 5 nitrogen and oxygen atoms in total. The van der Waals surface area contributed by atoms with Gasteiger partial charge in [-0.15, -0.1) is 0 Å². The lowest BCUT2D eigenvalue weighted by molar-refractivity contribution is -0.114. The van der Waals surface area contributed by atoms with Gasteiger partial charge >= 0.3 is 0 Å². The summed E-state index contributed by atoms with van der Waals surface area (Å²) < 4.78 is 16.3. The van der Waals surface area contributed by atoms with Crippen molar-refractivity contribution in [2.45, 2.75) is 13.8 Å². The molecular formula is C20H18O5. The molecule has 2 aliphatic rings. The summed E-state index contributed by atoms with van der Waals surface area (Å²) >= 11 is 0. The predicted octanol–water partition coefficient (Wildman–Crippen LogP) is 1.54. The van der Waals surface area contributed by atoms with Crippen molar-refractivity contribution in [3.05, 3.63) is 69.9 Å². The van der Waals surface area contributed by atoms with Crippen LogP contribution in [0.25, 0.3) is 11.1 Å². The molecular weight excluding hydrogens is 320 g/mol. The minimum Gasteiger partial charge on any atom is -0.493 e. The first-order valence-electron chi connectivity index (χ1n) is 7.77. The van der Waals surface area contributed by atoms with Crippen molar-refractivity contribution >= 4 is 22.7 Å². The average Bonchev–Trinajstić information content (AvgIpc) is 2.91. The molecule has 0 aliphatic heterocycles. The number of methoxy groups -OCH3 is 2. The van der Waals surface area contributed by atoms with Gasteiger partial charge in [-0.1, -0.05) is 0 Å². The Morgan fingerprint density at radius 1 is 0.720 bits per heavy atom. The fourth-order valence-corrected chi connectivity index (χ4v) is 2.76. The van der Waals surface area contributed by atoms with Crippen LogP contribution in [0.1, 0.15) is 11.1 Å². The first-order valence-corrected chi connectivity index (χ1v) is 7.77. The Morgan fingerprint density at radius 2 is 1.12 bits per heavy atom. The lowest BCUT2D eigenvalue weighted by Crippen LogP contribution is -2.13. The molecule has 0 aromatic carbocycles. The van der Waals surface area contributed by atoms with Crippen LogP contribution in [-0.4, -0.2) is 25.8 Å². The highest BCUT2D eigenvalue weighted by Gasteiger charge is 2.17. The third-order valence-electron chi connectivity index (χ3n) is 4.30. The maximum Gasteiger partial charge on any atom is 0.220 e. The van der Waals surface area contributed by atoms with Crippen LogP contribution < -0.4 is 10.8 Å². The van der Waals surface area contributed by atoms with Gasteiger partial charge in [0.2, 0.25) is 11.6 Å². The van der Waals surface area contributed by atoms with E-state index < -0.39 is 0 Å². The van der Waals surface area contributed by atoms with Crippen molar-refractivity contribution in [3.63, 3.8) is 0 Å². The molecule has 128 valence electrons. The summed E-state index contributed by atoms with van der Waals surface area (Å²) in [7, 11) is 2.92. The van der Waals surface area contributed by atoms with E-state index in [1.54, 1.807) is 24.3 Å². The zero-order valence-corrected chi connectivity index (χ0v) is 14.5. The van der Waals surface area contributed by atoms with E-state index in [2.05, 4.69) is 0 Å². The van der Waals surface area contributed by atoms with Gasteiger partial charge in [0.1, 0.15) is 10.8 Å². The molecule has 0 atom stereocenters. The lowest BCUT2D eigenvalue weighted by Gasteiger charge is -2.07. The number of ketones is 2. The van der Waals surface area contributed by atoms with E-state index >= 15 is 0 Å². The molecule has 25 heavy (non-hydrogen) atoms. The summed E-state index contributed by atoms with van der Waals surface area (Å²) in [6.07, 6.45) is 9.67. The predicted molar refractivity (Wildman–Crippen MR) is 92.7 cm³/mol. The summed E-state index contributed by atoms with van der Waals surface area (Å²) in [5.74, 6) is 0.182. The molecule has 3 rings (SSSR count). The fraction of sp³-hybridized carbons (Fsp3) is 0.200. The van der Waals surface area contributed by atoms with Crippen molar-refractivity contribution in [1.82, 2.24) is 0 Å². The van der Waals surface area contributed by atoms with Gasteiger partial charge in [0.05, 0.1) is 14.2 Å². The molecule has 1 aromatic heterocycles. The molecule has 0 saturated carbocycles. The summed E-state index contributed by atoms with van der Waals surface area (Å²) in [5.41, 5.74) is 4.76. The minimum absolute atomic E-state index is 0.178. The molecule has 2 aliphatic carbocycles. The van der Waals surface area contributed by atoms with Crippen molar-refractivity contribution < 1.29 is 23.5 Å². The third-order valence-corrected chi connectivity index (χ3v) is 4.30. The normalized spacial score (nSPS) is 21.3. The van der Waals surface area contributed by atoms with Crippen LogP contribution in [0.3, 0.4) is 0 Å². The summed E-state index contributed by atoms with van der Waals surface area (Å²) in [5, 5.41) is 0. The van der Waals surface area contributed by atoms with Crippen LogP contribution in [0.5, 0.6) is 0 Å². The Hall–Kier alpha value is -3.08. The molecule has 5 heteroatoms. The van der Waals surface area contributed by atoms with Gasteiger partial charge in [-0.2, -0.15) is 0 Å². The van der Waals surface area contributed by atoms with Gasteiger partial charge in [-0.05, 0) is 61.4 Å². The summed E-state index contributed by atoms with van der Waals surface area (Å²) in [6, 6.07) is 0. The number of ether oxygens (including phenoxy) is 2. The van der Waals surface area contributed by atoms with E-state index in [9.17, 15) is 9.59 Å². The highest BCUT2D eigenvalue weighted by molar-refractivity contribution is 6.08. The second-order valence-electron chi connectivity index (χ2n) is 5.74. The Morgan fingerprint density at radius 3 is 1.48 bits per heavy atom. The molecule has 0 radical (unpaired) electrons. The van der Waals surface area contributed by atoms with Crippen LogP contribution in [0.4, 0.5) is 0 Å². The number of carbonyl (C=O) groups is 2. The summed E-state index contributed by atoms with van der Waals surface area (Å²) in [6.45, 7) is 3.91. The second-order valence-corrected chi connectivity index (χ2v) is 5.74. The minimum atomic E-state index is -0.178. The third kappa shape index (κ3) is 2.89. The number of allylic oxidation sites excluding steroid dienone is 6. The molecule has 0 spiro atoms. The van der Waals surface area contributed by atoms with Crippen LogP contribution in [0.2, 0.25) is 0 Å². The Bertz CT molecular complexity index is 929. The van der Waals surface area contributed by atoms with Gasteiger partial charge in [0.15, 0.2) is 11.5 Å². The Kier molecular flexibility index (Phi) is 4.31. The monoisotopic (exact) mass is 338 g/mol. The molecule has 0 N–H and O–H groups in total. The molecule has 0 fully saturated rings. The maximum atomic E-state index is 11.7. The molecule has 0 bridgehead atoms. The van der Waals surface area contributed by atoms with E-state index in [4.69, 9.17) is 13.9 Å². The lowest BCUT2D eigenvalue weighted by atomic mass is 10.0. The van der Waals surface area contributed by atoms with E-state index in [-0.39, 0.29) is 23.1 Å². The number of carbonyl (C=O) groups excluding carboxylic acids is 2. The molecule has 0 unspecified atom stereocenters. The van der Waals surface area contributed by atoms with Crippen LogP contribution in [0.15, 0.2) is 52.4 Å². The van der Waals surface area contributed by atoms with E-state index in [1.807, 2.05) is 13.8 Å². The van der Waals surface area contributed by atoms with Gasteiger partial charge < -0.3 is 13.9 Å². The number of furan rings is 1. The molecule has 0 saturated heterocycles. The smallest absolute Gasteiger partial charge is 0.220 e. The van der Waals surface area contributed by atoms with Crippen LogP contribution in [-0.2, 0) is 19.1 Å². The maximum absolute atomic E-state index is 11.7. The number of rotatable bonds is 2. The largest absolute Gasteiger partial charge is 0.493 e. The van der Waals surface area contributed by atoms with Crippen molar-refractivity contribution in [2.24, 2.45) is 0 Å². The van der Waals surface area contributed by atoms with E-state index in [1.165, 1.54) is 26.4 Å². The van der Waals surface area contributed by atoms with E-state index in [0.717, 1.165) is 22.3 Å². The van der Waals surface area contributed by atoms with Gasteiger partial charge in [-0.3, -0.25) is 9.59 Å². The zero-order chi connectivity index (χ0) is 18.1. The van der Waals surface area contributed by atoms with Crippen LogP contribution >= 0.6 is 0 Å². The SMILES string of the molecule is COC1=C/C(=c2\o/c(=C3\C=CC(=O)C(OC)=C3)c(C)c2C)C=CC1=O. The van der Waals surface area contributed by atoms with Crippen molar-refractivity contribution in [2.75, 3.05) is 14.2 Å².